The molecule has 0 fully saturated rings. The molecule has 116 valence electrons. The number of amides is 1. The molecular formula is C16H10BrClN2O3. The number of furan rings is 1. The number of aromatic hydroxyl groups is 1. The number of rotatable bonds is 3. The van der Waals surface area contributed by atoms with Crippen LogP contribution in [-0.4, -0.2) is 17.2 Å². The third-order valence-electron chi connectivity index (χ3n) is 3.08. The molecule has 0 aliphatic rings. The summed E-state index contributed by atoms with van der Waals surface area (Å²) in [4.78, 5) is 12.0. The Morgan fingerprint density at radius 3 is 2.87 bits per heavy atom. The fourth-order valence-corrected chi connectivity index (χ4v) is 2.83. The predicted octanol–water partition coefficient (Wildman–Crippen LogP) is 4.32. The Labute approximate surface area is 144 Å². The Bertz CT molecular complexity index is 888. The molecule has 0 aliphatic carbocycles. The highest BCUT2D eigenvalue weighted by atomic mass is 79.9. The quantitative estimate of drug-likeness (QED) is 0.514. The van der Waals surface area contributed by atoms with E-state index in [0.717, 1.165) is 5.39 Å². The number of nitrogens with one attached hydrogen (secondary N) is 1. The molecule has 0 bridgehead atoms. The Morgan fingerprint density at radius 1 is 1.30 bits per heavy atom. The Balaban J connectivity index is 1.76. The average molecular weight is 394 g/mol. The van der Waals surface area contributed by atoms with Crippen molar-refractivity contribution in [3.63, 3.8) is 0 Å². The second kappa shape index (κ2) is 6.44. The zero-order valence-electron chi connectivity index (χ0n) is 11.6. The molecule has 1 aromatic heterocycles. The van der Waals surface area contributed by atoms with Gasteiger partial charge in [0, 0.05) is 15.4 Å². The molecule has 0 radical (unpaired) electrons. The Morgan fingerprint density at radius 2 is 2.09 bits per heavy atom. The standard InChI is InChI=1S/C16H10BrClN2O3/c17-11-5-10(15(21)12(18)7-11)8-19-20-16(22)14-6-9-3-1-2-4-13(9)23-14/h1-8,21H,(H,20,22)/b19-8-. The van der Waals surface area contributed by atoms with E-state index >= 15 is 0 Å². The molecule has 2 N–H and O–H groups in total. The van der Waals surface area contributed by atoms with E-state index in [2.05, 4.69) is 26.5 Å². The summed E-state index contributed by atoms with van der Waals surface area (Å²) in [6.45, 7) is 0. The molecule has 0 atom stereocenters. The van der Waals surface area contributed by atoms with Crippen LogP contribution < -0.4 is 5.43 Å². The van der Waals surface area contributed by atoms with Gasteiger partial charge in [0.25, 0.3) is 0 Å². The highest BCUT2D eigenvalue weighted by Gasteiger charge is 2.11. The first-order chi connectivity index (χ1) is 11.0. The number of phenolic OH excluding ortho intramolecular Hbond substituents is 1. The van der Waals surface area contributed by atoms with Gasteiger partial charge < -0.3 is 9.52 Å². The summed E-state index contributed by atoms with van der Waals surface area (Å²) in [6, 6.07) is 12.1. The fourth-order valence-electron chi connectivity index (χ4n) is 1.99. The van der Waals surface area contributed by atoms with E-state index in [1.807, 2.05) is 18.2 Å². The summed E-state index contributed by atoms with van der Waals surface area (Å²) in [7, 11) is 0. The number of halogens is 2. The lowest BCUT2D eigenvalue weighted by Gasteiger charge is -2.02. The Kier molecular flexibility index (Phi) is 4.36. The van der Waals surface area contributed by atoms with Crippen molar-refractivity contribution in [3.8, 4) is 5.75 Å². The molecule has 3 aromatic rings. The zero-order chi connectivity index (χ0) is 16.4. The number of para-hydroxylation sites is 1. The molecule has 3 rings (SSSR count). The molecule has 0 saturated heterocycles. The topological polar surface area (TPSA) is 74.8 Å². The van der Waals surface area contributed by atoms with Crippen molar-refractivity contribution in [2.45, 2.75) is 0 Å². The van der Waals surface area contributed by atoms with E-state index < -0.39 is 5.91 Å². The maximum atomic E-state index is 12.0. The highest BCUT2D eigenvalue weighted by molar-refractivity contribution is 9.10. The minimum atomic E-state index is -0.488. The monoisotopic (exact) mass is 392 g/mol. The van der Waals surface area contributed by atoms with Crippen LogP contribution in [0.25, 0.3) is 11.0 Å². The van der Waals surface area contributed by atoms with Gasteiger partial charge in [0.1, 0.15) is 11.3 Å². The van der Waals surface area contributed by atoms with Crippen molar-refractivity contribution >= 4 is 50.6 Å². The maximum absolute atomic E-state index is 12.0. The summed E-state index contributed by atoms with van der Waals surface area (Å²) in [5, 5.41) is 14.6. The number of hydrogen-bond donors (Lipinski definition) is 2. The third-order valence-corrected chi connectivity index (χ3v) is 3.82. The lowest BCUT2D eigenvalue weighted by atomic mass is 10.2. The molecule has 23 heavy (non-hydrogen) atoms. The van der Waals surface area contributed by atoms with E-state index in [4.69, 9.17) is 16.0 Å². The van der Waals surface area contributed by atoms with Crippen molar-refractivity contribution in [2.24, 2.45) is 5.10 Å². The number of phenols is 1. The van der Waals surface area contributed by atoms with E-state index in [9.17, 15) is 9.90 Å². The minimum Gasteiger partial charge on any atom is -0.506 e. The molecule has 1 heterocycles. The van der Waals surface area contributed by atoms with Crippen molar-refractivity contribution in [3.05, 3.63) is 63.3 Å². The van der Waals surface area contributed by atoms with Gasteiger partial charge in [0.05, 0.1) is 11.2 Å². The van der Waals surface area contributed by atoms with E-state index in [0.29, 0.717) is 15.6 Å². The molecule has 1 amide bonds. The van der Waals surface area contributed by atoms with Crippen LogP contribution in [-0.2, 0) is 0 Å². The minimum absolute atomic E-state index is 0.114. The van der Waals surface area contributed by atoms with Crippen molar-refractivity contribution < 1.29 is 14.3 Å². The van der Waals surface area contributed by atoms with Crippen LogP contribution in [0.15, 0.2) is 56.5 Å². The number of fused-ring (bicyclic) bond motifs is 1. The first-order valence-corrected chi connectivity index (χ1v) is 7.71. The van der Waals surface area contributed by atoms with E-state index in [-0.39, 0.29) is 16.5 Å². The number of nitrogens with zero attached hydrogens (tertiary/aromatic N) is 1. The number of hydrazone groups is 1. The molecular weight excluding hydrogens is 384 g/mol. The molecule has 5 nitrogen and oxygen atoms in total. The van der Waals surface area contributed by atoms with Crippen LogP contribution in [0, 0.1) is 0 Å². The fraction of sp³-hybridized carbons (Fsp3) is 0. The predicted molar refractivity (Wildman–Crippen MR) is 92.1 cm³/mol. The lowest BCUT2D eigenvalue weighted by Crippen LogP contribution is -2.16. The first kappa shape index (κ1) is 15.6. The molecule has 0 aliphatic heterocycles. The first-order valence-electron chi connectivity index (χ1n) is 6.54. The second-order valence-electron chi connectivity index (χ2n) is 4.67. The average Bonchev–Trinajstić information content (AvgIpc) is 2.96. The zero-order valence-corrected chi connectivity index (χ0v) is 13.9. The van der Waals surface area contributed by atoms with Gasteiger partial charge in [-0.1, -0.05) is 45.7 Å². The number of carbonyl (C=O) groups is 1. The van der Waals surface area contributed by atoms with E-state index in [1.54, 1.807) is 24.3 Å². The van der Waals surface area contributed by atoms with Crippen LogP contribution in [0.3, 0.4) is 0 Å². The van der Waals surface area contributed by atoms with Crippen molar-refractivity contribution in [1.29, 1.82) is 0 Å². The second-order valence-corrected chi connectivity index (χ2v) is 6.00. The van der Waals surface area contributed by atoms with Crippen molar-refractivity contribution in [2.75, 3.05) is 0 Å². The highest BCUT2D eigenvalue weighted by Crippen LogP contribution is 2.30. The molecule has 0 saturated carbocycles. The molecule has 0 unspecified atom stereocenters. The summed E-state index contributed by atoms with van der Waals surface area (Å²) in [5.41, 5.74) is 3.33. The third kappa shape index (κ3) is 3.38. The van der Waals surface area contributed by atoms with Crippen LogP contribution in [0.2, 0.25) is 5.02 Å². The number of carbonyl (C=O) groups excluding carboxylic acids is 1. The van der Waals surface area contributed by atoms with Gasteiger partial charge in [0.15, 0.2) is 5.76 Å². The van der Waals surface area contributed by atoms with Gasteiger partial charge in [-0.25, -0.2) is 5.43 Å². The number of benzene rings is 2. The lowest BCUT2D eigenvalue weighted by molar-refractivity contribution is 0.0929. The largest absolute Gasteiger partial charge is 0.506 e. The van der Waals surface area contributed by atoms with Gasteiger partial charge in [0.2, 0.25) is 0 Å². The number of hydrogen-bond acceptors (Lipinski definition) is 4. The molecule has 2 aromatic carbocycles. The smallest absolute Gasteiger partial charge is 0.307 e. The maximum Gasteiger partial charge on any atom is 0.307 e. The summed E-state index contributed by atoms with van der Waals surface area (Å²) in [5.74, 6) is -0.450. The van der Waals surface area contributed by atoms with Gasteiger partial charge in [-0.05, 0) is 24.3 Å². The summed E-state index contributed by atoms with van der Waals surface area (Å²) < 4.78 is 6.12. The van der Waals surface area contributed by atoms with Crippen LogP contribution >= 0.6 is 27.5 Å². The van der Waals surface area contributed by atoms with Crippen LogP contribution in [0.5, 0.6) is 5.75 Å². The van der Waals surface area contributed by atoms with Crippen LogP contribution in [0.4, 0.5) is 0 Å². The van der Waals surface area contributed by atoms with Gasteiger partial charge in [-0.3, -0.25) is 4.79 Å². The molecule has 0 spiro atoms. The van der Waals surface area contributed by atoms with Gasteiger partial charge >= 0.3 is 5.91 Å². The molecule has 7 heteroatoms. The summed E-state index contributed by atoms with van der Waals surface area (Å²) >= 11 is 9.12. The van der Waals surface area contributed by atoms with Gasteiger partial charge in [-0.15, -0.1) is 0 Å². The van der Waals surface area contributed by atoms with E-state index in [1.165, 1.54) is 6.21 Å². The van der Waals surface area contributed by atoms with Gasteiger partial charge in [-0.2, -0.15) is 5.10 Å². The summed E-state index contributed by atoms with van der Waals surface area (Å²) in [6.07, 6.45) is 1.30. The Hall–Kier alpha value is -2.31. The van der Waals surface area contributed by atoms with Crippen molar-refractivity contribution in [1.82, 2.24) is 5.43 Å². The van der Waals surface area contributed by atoms with Crippen LogP contribution in [0.1, 0.15) is 16.1 Å². The normalized spacial score (nSPS) is 11.2. The SMILES string of the molecule is O=C(N/N=C\c1cc(Br)cc(Cl)c1O)c1cc2ccccc2o1.